The first kappa shape index (κ1) is 16.8. The van der Waals surface area contributed by atoms with Crippen molar-refractivity contribution in [3.8, 4) is 0 Å². The summed E-state index contributed by atoms with van der Waals surface area (Å²) in [7, 11) is 0. The number of nitrogens with one attached hydrogen (secondary N) is 1. The molecule has 1 fully saturated rings. The molecule has 0 spiro atoms. The zero-order valence-electron chi connectivity index (χ0n) is 14.1. The Labute approximate surface area is 134 Å². The number of thiazole rings is 1. The molecule has 0 amide bonds. The van der Waals surface area contributed by atoms with Gasteiger partial charge in [0.1, 0.15) is 0 Å². The van der Waals surface area contributed by atoms with Crippen molar-refractivity contribution in [1.82, 2.24) is 10.3 Å². The van der Waals surface area contributed by atoms with E-state index in [1.807, 2.05) is 11.3 Å². The molecule has 0 radical (unpaired) electrons. The van der Waals surface area contributed by atoms with Crippen LogP contribution in [0.4, 0.5) is 5.13 Å². The predicted octanol–water partition coefficient (Wildman–Crippen LogP) is 4.21. The van der Waals surface area contributed by atoms with Crippen LogP contribution in [0.3, 0.4) is 0 Å². The highest BCUT2D eigenvalue weighted by Gasteiger charge is 2.19. The van der Waals surface area contributed by atoms with Gasteiger partial charge in [-0.05, 0) is 44.6 Å². The third-order valence-corrected chi connectivity index (χ3v) is 5.63. The Kier molecular flexibility index (Phi) is 6.49. The monoisotopic (exact) mass is 309 g/mol. The highest BCUT2D eigenvalue weighted by molar-refractivity contribution is 7.15. The lowest BCUT2D eigenvalue weighted by Crippen LogP contribution is -2.24. The van der Waals surface area contributed by atoms with Crippen molar-refractivity contribution < 1.29 is 0 Å². The van der Waals surface area contributed by atoms with Crippen molar-refractivity contribution in [2.45, 2.75) is 59.9 Å². The van der Waals surface area contributed by atoms with Gasteiger partial charge < -0.3 is 10.2 Å². The van der Waals surface area contributed by atoms with E-state index in [4.69, 9.17) is 4.98 Å². The number of aromatic nitrogens is 1. The van der Waals surface area contributed by atoms with E-state index in [2.05, 4.69) is 37.9 Å². The number of anilines is 1. The van der Waals surface area contributed by atoms with E-state index in [-0.39, 0.29) is 0 Å². The Morgan fingerprint density at radius 3 is 2.86 bits per heavy atom. The van der Waals surface area contributed by atoms with Gasteiger partial charge in [0.05, 0.1) is 5.69 Å². The van der Waals surface area contributed by atoms with Crippen LogP contribution in [-0.4, -0.2) is 24.6 Å². The maximum Gasteiger partial charge on any atom is 0.185 e. The Hall–Kier alpha value is -0.610. The second-order valence-electron chi connectivity index (χ2n) is 6.72. The fourth-order valence-electron chi connectivity index (χ4n) is 2.95. The maximum absolute atomic E-state index is 4.83. The molecule has 1 N–H and O–H groups in total. The van der Waals surface area contributed by atoms with E-state index in [1.165, 1.54) is 54.5 Å². The fourth-order valence-corrected chi connectivity index (χ4v) is 4.03. The van der Waals surface area contributed by atoms with Gasteiger partial charge in [0.2, 0.25) is 0 Å². The van der Waals surface area contributed by atoms with Crippen molar-refractivity contribution >= 4 is 16.5 Å². The van der Waals surface area contributed by atoms with Crippen LogP contribution in [0.5, 0.6) is 0 Å². The molecule has 4 heteroatoms. The third-order valence-electron chi connectivity index (χ3n) is 4.42. The number of aryl methyl sites for hydroxylation is 1. The van der Waals surface area contributed by atoms with Crippen LogP contribution < -0.4 is 10.2 Å². The van der Waals surface area contributed by atoms with Gasteiger partial charge in [-0.25, -0.2) is 4.98 Å². The first-order valence-corrected chi connectivity index (χ1v) is 9.33. The molecule has 1 unspecified atom stereocenters. The van der Waals surface area contributed by atoms with Crippen LogP contribution in [0, 0.1) is 18.8 Å². The van der Waals surface area contributed by atoms with Crippen LogP contribution in [0.25, 0.3) is 0 Å². The molecular formula is C17H31N3S. The number of rotatable bonds is 6. The molecule has 120 valence electrons. The largest absolute Gasteiger partial charge is 0.348 e. The summed E-state index contributed by atoms with van der Waals surface area (Å²) in [6.45, 7) is 13.4. The normalized spacial score (nSPS) is 20.0. The van der Waals surface area contributed by atoms with Gasteiger partial charge in [-0.15, -0.1) is 11.3 Å². The van der Waals surface area contributed by atoms with Crippen molar-refractivity contribution in [3.63, 3.8) is 0 Å². The minimum absolute atomic E-state index is 0.703. The summed E-state index contributed by atoms with van der Waals surface area (Å²) < 4.78 is 0. The smallest absolute Gasteiger partial charge is 0.185 e. The van der Waals surface area contributed by atoms with Gasteiger partial charge in [0.15, 0.2) is 5.13 Å². The average Bonchev–Trinajstić information content (AvgIpc) is 2.68. The van der Waals surface area contributed by atoms with Crippen molar-refractivity contribution in [2.75, 3.05) is 24.5 Å². The zero-order chi connectivity index (χ0) is 15.2. The molecule has 1 saturated heterocycles. The topological polar surface area (TPSA) is 28.2 Å². The van der Waals surface area contributed by atoms with E-state index in [0.717, 1.165) is 19.0 Å². The van der Waals surface area contributed by atoms with E-state index in [0.29, 0.717) is 5.92 Å². The second kappa shape index (κ2) is 8.14. The van der Waals surface area contributed by atoms with Gasteiger partial charge in [0, 0.05) is 24.5 Å². The lowest BCUT2D eigenvalue weighted by molar-refractivity contribution is 0.459. The average molecular weight is 310 g/mol. The van der Waals surface area contributed by atoms with E-state index in [1.54, 1.807) is 0 Å². The lowest BCUT2D eigenvalue weighted by Gasteiger charge is -2.19. The number of nitrogens with zero attached hydrogens (tertiary/aromatic N) is 2. The quantitative estimate of drug-likeness (QED) is 0.853. The Morgan fingerprint density at radius 2 is 2.14 bits per heavy atom. The highest BCUT2D eigenvalue weighted by atomic mass is 32.1. The number of hydrogen-bond donors (Lipinski definition) is 1. The van der Waals surface area contributed by atoms with Gasteiger partial charge in [0.25, 0.3) is 0 Å². The third kappa shape index (κ3) is 4.96. The zero-order valence-corrected chi connectivity index (χ0v) is 14.9. The standard InChI is InChI=1S/C17H31N3S/c1-5-15-7-6-9-20(10-8-15)17-19-14(4)16(21-17)12-18-11-13(2)3/h13,15,18H,5-12H2,1-4H3. The summed E-state index contributed by atoms with van der Waals surface area (Å²) in [5.41, 5.74) is 1.21. The molecular weight excluding hydrogens is 278 g/mol. The Balaban J connectivity index is 1.94. The van der Waals surface area contributed by atoms with Gasteiger partial charge in [-0.1, -0.05) is 27.2 Å². The molecule has 1 aromatic heterocycles. The molecule has 1 aliphatic rings. The highest BCUT2D eigenvalue weighted by Crippen LogP contribution is 2.29. The Morgan fingerprint density at radius 1 is 1.33 bits per heavy atom. The molecule has 0 bridgehead atoms. The SMILES string of the molecule is CCC1CCCN(c2nc(C)c(CNCC(C)C)s2)CC1. The van der Waals surface area contributed by atoms with Gasteiger partial charge >= 0.3 is 0 Å². The van der Waals surface area contributed by atoms with Crippen molar-refractivity contribution in [3.05, 3.63) is 10.6 Å². The molecule has 21 heavy (non-hydrogen) atoms. The van der Waals surface area contributed by atoms with Crippen molar-refractivity contribution in [2.24, 2.45) is 11.8 Å². The predicted molar refractivity (Wildman–Crippen MR) is 93.2 cm³/mol. The van der Waals surface area contributed by atoms with Crippen LogP contribution >= 0.6 is 11.3 Å². The van der Waals surface area contributed by atoms with E-state index < -0.39 is 0 Å². The molecule has 0 saturated carbocycles. The van der Waals surface area contributed by atoms with Gasteiger partial charge in [-0.3, -0.25) is 0 Å². The van der Waals surface area contributed by atoms with Crippen LogP contribution in [0.15, 0.2) is 0 Å². The van der Waals surface area contributed by atoms with E-state index in [9.17, 15) is 0 Å². The first-order chi connectivity index (χ1) is 10.1. The lowest BCUT2D eigenvalue weighted by atomic mass is 9.98. The molecule has 1 aromatic rings. The van der Waals surface area contributed by atoms with E-state index >= 15 is 0 Å². The summed E-state index contributed by atoms with van der Waals surface area (Å²) in [4.78, 5) is 8.75. The van der Waals surface area contributed by atoms with Crippen LogP contribution in [0.1, 0.15) is 57.0 Å². The minimum atomic E-state index is 0.703. The Bertz CT molecular complexity index is 428. The molecule has 0 aliphatic carbocycles. The second-order valence-corrected chi connectivity index (χ2v) is 7.78. The summed E-state index contributed by atoms with van der Waals surface area (Å²) in [5.74, 6) is 1.62. The summed E-state index contributed by atoms with van der Waals surface area (Å²) in [6.07, 6.45) is 5.36. The minimum Gasteiger partial charge on any atom is -0.348 e. The number of hydrogen-bond acceptors (Lipinski definition) is 4. The van der Waals surface area contributed by atoms with Gasteiger partial charge in [-0.2, -0.15) is 0 Å². The molecule has 1 atom stereocenters. The molecule has 0 aromatic carbocycles. The first-order valence-electron chi connectivity index (χ1n) is 8.52. The molecule has 2 rings (SSSR count). The van der Waals surface area contributed by atoms with Crippen LogP contribution in [0.2, 0.25) is 0 Å². The maximum atomic E-state index is 4.83. The fraction of sp³-hybridized carbons (Fsp3) is 0.824. The summed E-state index contributed by atoms with van der Waals surface area (Å²) in [5, 5.41) is 4.78. The van der Waals surface area contributed by atoms with Crippen molar-refractivity contribution in [1.29, 1.82) is 0 Å². The summed E-state index contributed by atoms with van der Waals surface area (Å²) >= 11 is 1.89. The van der Waals surface area contributed by atoms with Crippen LogP contribution in [-0.2, 0) is 6.54 Å². The summed E-state index contributed by atoms with van der Waals surface area (Å²) in [6, 6.07) is 0. The molecule has 1 aliphatic heterocycles. The molecule has 2 heterocycles. The molecule has 3 nitrogen and oxygen atoms in total.